The second-order valence-electron chi connectivity index (χ2n) is 5.28. The van der Waals surface area contributed by atoms with Crippen molar-refractivity contribution in [2.75, 3.05) is 37.6 Å². The number of hydrogen-bond donors (Lipinski definition) is 1. The third-order valence-electron chi connectivity index (χ3n) is 3.68. The van der Waals surface area contributed by atoms with Gasteiger partial charge in [0.1, 0.15) is 0 Å². The number of nitrogens with zero attached hydrogens (tertiary/aromatic N) is 2. The van der Waals surface area contributed by atoms with E-state index in [2.05, 4.69) is 17.4 Å². The van der Waals surface area contributed by atoms with Crippen molar-refractivity contribution in [2.24, 2.45) is 0 Å². The van der Waals surface area contributed by atoms with Gasteiger partial charge in [0, 0.05) is 38.4 Å². The summed E-state index contributed by atoms with van der Waals surface area (Å²) in [5, 5.41) is 2.15. The molecule has 1 fully saturated rings. The molecule has 0 aromatic heterocycles. The number of halogens is 3. The van der Waals surface area contributed by atoms with Crippen LogP contribution in [0.15, 0.2) is 24.3 Å². The lowest BCUT2D eigenvalue weighted by molar-refractivity contribution is -0.137. The summed E-state index contributed by atoms with van der Waals surface area (Å²) in [6.45, 7) is 6.22. The quantitative estimate of drug-likeness (QED) is 0.843. The minimum Gasteiger partial charge on any atom is -0.369 e. The van der Waals surface area contributed by atoms with E-state index in [0.29, 0.717) is 5.69 Å². The van der Waals surface area contributed by atoms with E-state index >= 15 is 0 Å². The molecule has 1 aliphatic heterocycles. The van der Waals surface area contributed by atoms with Gasteiger partial charge >= 0.3 is 6.18 Å². The molecule has 1 heterocycles. The third kappa shape index (κ3) is 4.61. The fraction of sp³-hybridized carbons (Fsp3) is 0.600. The highest BCUT2D eigenvalue weighted by Crippen LogP contribution is 2.31. The minimum atomic E-state index is -4.28. The molecule has 1 N–H and O–H groups in total. The van der Waals surface area contributed by atoms with Gasteiger partial charge < -0.3 is 4.90 Å². The smallest absolute Gasteiger partial charge is 0.369 e. The highest BCUT2D eigenvalue weighted by atomic mass is 19.4. The maximum Gasteiger partial charge on any atom is 0.416 e. The van der Waals surface area contributed by atoms with E-state index in [4.69, 9.17) is 0 Å². The fourth-order valence-corrected chi connectivity index (χ4v) is 2.42. The van der Waals surface area contributed by atoms with Gasteiger partial charge in [-0.1, -0.05) is 19.4 Å². The van der Waals surface area contributed by atoms with Gasteiger partial charge in [0.05, 0.1) is 5.56 Å². The molecule has 1 saturated heterocycles. The van der Waals surface area contributed by atoms with E-state index in [1.807, 2.05) is 4.90 Å². The molecule has 6 heteroatoms. The molecule has 2 rings (SSSR count). The van der Waals surface area contributed by atoms with Crippen molar-refractivity contribution in [3.8, 4) is 0 Å². The first-order valence-corrected chi connectivity index (χ1v) is 7.41. The average Bonchev–Trinajstić information content (AvgIpc) is 2.47. The predicted octanol–water partition coefficient (Wildman–Crippen LogP) is 3.13. The van der Waals surface area contributed by atoms with Crippen LogP contribution in [0, 0.1) is 0 Å². The van der Waals surface area contributed by atoms with Crippen molar-refractivity contribution < 1.29 is 13.2 Å². The van der Waals surface area contributed by atoms with Crippen molar-refractivity contribution in [2.45, 2.75) is 25.9 Å². The standard InChI is InChI=1S/C15H22F3N3/c1-2-3-7-19-21-10-8-20(9-11-21)14-6-4-5-13(12-14)15(16,17)18/h4-6,12,19H,2-3,7-11H2,1H3. The van der Waals surface area contributed by atoms with Gasteiger partial charge in [-0.2, -0.15) is 13.2 Å². The van der Waals surface area contributed by atoms with Crippen LogP contribution in [-0.4, -0.2) is 37.7 Å². The monoisotopic (exact) mass is 301 g/mol. The van der Waals surface area contributed by atoms with Crippen LogP contribution in [0.4, 0.5) is 18.9 Å². The molecule has 1 aromatic rings. The molecule has 0 aliphatic carbocycles. The Bertz CT molecular complexity index is 440. The lowest BCUT2D eigenvalue weighted by Gasteiger charge is -2.36. The molecule has 0 amide bonds. The molecule has 0 atom stereocenters. The van der Waals surface area contributed by atoms with E-state index in [1.54, 1.807) is 6.07 Å². The zero-order valence-corrected chi connectivity index (χ0v) is 12.3. The highest BCUT2D eigenvalue weighted by molar-refractivity contribution is 5.49. The van der Waals surface area contributed by atoms with Crippen LogP contribution in [0.25, 0.3) is 0 Å². The second kappa shape index (κ2) is 7.13. The summed E-state index contributed by atoms with van der Waals surface area (Å²) >= 11 is 0. The van der Waals surface area contributed by atoms with Crippen molar-refractivity contribution in [1.82, 2.24) is 10.4 Å². The van der Waals surface area contributed by atoms with Gasteiger partial charge in [-0.25, -0.2) is 5.01 Å². The molecule has 1 aromatic carbocycles. The first-order valence-electron chi connectivity index (χ1n) is 7.41. The summed E-state index contributed by atoms with van der Waals surface area (Å²) < 4.78 is 38.2. The lowest BCUT2D eigenvalue weighted by atomic mass is 10.1. The number of unbranched alkanes of at least 4 members (excludes halogenated alkanes) is 1. The van der Waals surface area contributed by atoms with Gasteiger partial charge in [0.25, 0.3) is 0 Å². The number of rotatable bonds is 5. The molecule has 3 nitrogen and oxygen atoms in total. The Morgan fingerprint density at radius 1 is 1.14 bits per heavy atom. The summed E-state index contributed by atoms with van der Waals surface area (Å²) in [4.78, 5) is 2.01. The molecule has 21 heavy (non-hydrogen) atoms. The van der Waals surface area contributed by atoms with Crippen molar-refractivity contribution >= 4 is 5.69 Å². The van der Waals surface area contributed by atoms with E-state index in [0.717, 1.165) is 51.6 Å². The van der Waals surface area contributed by atoms with Crippen molar-refractivity contribution in [1.29, 1.82) is 0 Å². The fourth-order valence-electron chi connectivity index (χ4n) is 2.42. The lowest BCUT2D eigenvalue weighted by Crippen LogP contribution is -2.52. The molecular weight excluding hydrogens is 279 g/mol. The number of alkyl halides is 3. The maximum absolute atomic E-state index is 12.7. The number of hydrazine groups is 1. The number of hydrogen-bond acceptors (Lipinski definition) is 3. The van der Waals surface area contributed by atoms with E-state index < -0.39 is 11.7 Å². The Balaban J connectivity index is 1.90. The number of nitrogens with one attached hydrogen (secondary N) is 1. The number of benzene rings is 1. The van der Waals surface area contributed by atoms with Gasteiger partial charge in [-0.3, -0.25) is 5.43 Å². The van der Waals surface area contributed by atoms with Crippen LogP contribution in [0.2, 0.25) is 0 Å². The Morgan fingerprint density at radius 2 is 1.86 bits per heavy atom. The second-order valence-corrected chi connectivity index (χ2v) is 5.28. The zero-order chi connectivity index (χ0) is 15.3. The van der Waals surface area contributed by atoms with Gasteiger partial charge in [-0.15, -0.1) is 0 Å². The minimum absolute atomic E-state index is 0.580. The molecule has 118 valence electrons. The highest BCUT2D eigenvalue weighted by Gasteiger charge is 2.31. The van der Waals surface area contributed by atoms with Crippen molar-refractivity contribution in [3.63, 3.8) is 0 Å². The molecule has 0 spiro atoms. The van der Waals surface area contributed by atoms with Crippen LogP contribution < -0.4 is 10.3 Å². The topological polar surface area (TPSA) is 18.5 Å². The van der Waals surface area contributed by atoms with Gasteiger partial charge in [0.2, 0.25) is 0 Å². The Kier molecular flexibility index (Phi) is 5.47. The van der Waals surface area contributed by atoms with Gasteiger partial charge in [0.15, 0.2) is 0 Å². The van der Waals surface area contributed by atoms with Crippen molar-refractivity contribution in [3.05, 3.63) is 29.8 Å². The predicted molar refractivity (Wildman–Crippen MR) is 78.1 cm³/mol. The first kappa shape index (κ1) is 16.1. The maximum atomic E-state index is 12.7. The number of anilines is 1. The molecule has 0 radical (unpaired) electrons. The normalized spacial score (nSPS) is 17.2. The summed E-state index contributed by atoms with van der Waals surface area (Å²) in [6, 6.07) is 5.58. The summed E-state index contributed by atoms with van der Waals surface area (Å²) in [6.07, 6.45) is -2.00. The zero-order valence-electron chi connectivity index (χ0n) is 12.3. The van der Waals surface area contributed by atoms with Crippen LogP contribution in [0.1, 0.15) is 25.3 Å². The third-order valence-corrected chi connectivity index (χ3v) is 3.68. The molecular formula is C15H22F3N3. The van der Waals surface area contributed by atoms with Crippen LogP contribution in [0.5, 0.6) is 0 Å². The molecule has 0 unspecified atom stereocenters. The molecule has 0 bridgehead atoms. The van der Waals surface area contributed by atoms with E-state index in [1.165, 1.54) is 12.1 Å². The summed E-state index contributed by atoms with van der Waals surface area (Å²) in [7, 11) is 0. The first-order chi connectivity index (χ1) is 10.0. The Labute approximate surface area is 123 Å². The average molecular weight is 301 g/mol. The summed E-state index contributed by atoms with van der Waals surface area (Å²) in [5.74, 6) is 0. The Morgan fingerprint density at radius 3 is 2.48 bits per heavy atom. The van der Waals surface area contributed by atoms with Crippen LogP contribution in [0.3, 0.4) is 0 Å². The molecule has 0 saturated carbocycles. The number of piperazine rings is 1. The molecule has 1 aliphatic rings. The van der Waals surface area contributed by atoms with Gasteiger partial charge in [-0.05, 0) is 24.6 Å². The summed E-state index contributed by atoms with van der Waals surface area (Å²) in [5.41, 5.74) is 3.43. The van der Waals surface area contributed by atoms with Crippen LogP contribution >= 0.6 is 0 Å². The largest absolute Gasteiger partial charge is 0.416 e. The van der Waals surface area contributed by atoms with Crippen LogP contribution in [-0.2, 0) is 6.18 Å². The SMILES string of the molecule is CCCCNN1CCN(c2cccc(C(F)(F)F)c2)CC1. The van der Waals surface area contributed by atoms with E-state index in [9.17, 15) is 13.2 Å². The van der Waals surface area contributed by atoms with E-state index in [-0.39, 0.29) is 0 Å². The Hall–Kier alpha value is -1.27.